The van der Waals surface area contributed by atoms with E-state index in [0.717, 1.165) is 11.3 Å². The number of hydrogen-bond donors (Lipinski definition) is 1. The van der Waals surface area contributed by atoms with Crippen molar-refractivity contribution in [2.24, 2.45) is 12.8 Å². The van der Waals surface area contributed by atoms with Gasteiger partial charge in [0.2, 0.25) is 0 Å². The van der Waals surface area contributed by atoms with Gasteiger partial charge in [-0.25, -0.2) is 4.39 Å². The van der Waals surface area contributed by atoms with E-state index in [4.69, 9.17) is 10.5 Å². The first kappa shape index (κ1) is 22.4. The maximum atomic E-state index is 13.8. The number of Topliss-reactive ketones (excluding diaryl/α,β-unsaturated/α-hetero) is 1. The van der Waals surface area contributed by atoms with Gasteiger partial charge in [0, 0.05) is 35.3 Å². The lowest BCUT2D eigenvalue weighted by atomic mass is 9.99. The summed E-state index contributed by atoms with van der Waals surface area (Å²) in [6.45, 7) is 4.95. The van der Waals surface area contributed by atoms with Gasteiger partial charge < -0.3 is 15.0 Å². The Kier molecular flexibility index (Phi) is 5.63. The summed E-state index contributed by atoms with van der Waals surface area (Å²) in [4.78, 5) is 36.9. The number of nitrogens with zero attached hydrogens (tertiary/aromatic N) is 1. The van der Waals surface area contributed by atoms with Gasteiger partial charge in [-0.15, -0.1) is 11.3 Å². The Morgan fingerprint density at radius 3 is 2.33 bits per heavy atom. The predicted octanol–water partition coefficient (Wildman–Crippen LogP) is 5.12. The molecule has 0 saturated heterocycles. The second kappa shape index (κ2) is 8.29. The minimum absolute atomic E-state index is 0.138. The van der Waals surface area contributed by atoms with Crippen LogP contribution in [0, 0.1) is 19.7 Å². The van der Waals surface area contributed by atoms with Crippen molar-refractivity contribution >= 4 is 33.1 Å². The van der Waals surface area contributed by atoms with Gasteiger partial charge in [0.1, 0.15) is 22.0 Å². The second-order valence-electron chi connectivity index (χ2n) is 7.91. The first-order valence-corrected chi connectivity index (χ1v) is 10.9. The number of pyridine rings is 1. The topological polar surface area (TPSA) is 91.4 Å². The van der Waals surface area contributed by atoms with Crippen LogP contribution in [0.15, 0.2) is 47.4 Å². The zero-order valence-electron chi connectivity index (χ0n) is 18.5. The highest BCUT2D eigenvalue weighted by molar-refractivity contribution is 7.20. The monoisotopic (exact) mass is 464 g/mol. The summed E-state index contributed by atoms with van der Waals surface area (Å²) in [6.07, 6.45) is 1.64. The molecule has 0 unspecified atom stereocenters. The zero-order chi connectivity index (χ0) is 24.0. The molecule has 0 aliphatic rings. The van der Waals surface area contributed by atoms with Crippen molar-refractivity contribution in [3.63, 3.8) is 0 Å². The number of ether oxygens (including phenoxy) is 1. The molecule has 8 heteroatoms. The van der Waals surface area contributed by atoms with E-state index in [1.165, 1.54) is 23.6 Å². The summed E-state index contributed by atoms with van der Waals surface area (Å²) >= 11 is 1.02. The average Bonchev–Trinajstić information content (AvgIpc) is 3.19. The van der Waals surface area contributed by atoms with Crippen molar-refractivity contribution in [3.8, 4) is 22.6 Å². The highest BCUT2D eigenvalue weighted by Gasteiger charge is 2.20. The van der Waals surface area contributed by atoms with E-state index in [0.29, 0.717) is 49.4 Å². The first-order valence-electron chi connectivity index (χ1n) is 10.1. The maximum absolute atomic E-state index is 13.8. The minimum Gasteiger partial charge on any atom is -0.456 e. The zero-order valence-corrected chi connectivity index (χ0v) is 19.3. The Morgan fingerprint density at radius 2 is 1.73 bits per heavy atom. The van der Waals surface area contributed by atoms with E-state index in [2.05, 4.69) is 0 Å². The van der Waals surface area contributed by atoms with Crippen LogP contribution < -0.4 is 16.0 Å². The van der Waals surface area contributed by atoms with Crippen molar-refractivity contribution in [1.82, 2.24) is 4.57 Å². The summed E-state index contributed by atoms with van der Waals surface area (Å²) in [6, 6.07) is 9.36. The second-order valence-corrected chi connectivity index (χ2v) is 8.97. The van der Waals surface area contributed by atoms with E-state index in [1.807, 2.05) is 0 Å². The number of primary amides is 1. The van der Waals surface area contributed by atoms with Crippen LogP contribution in [0.2, 0.25) is 0 Å². The summed E-state index contributed by atoms with van der Waals surface area (Å²) < 4.78 is 21.8. The minimum atomic E-state index is -0.629. The summed E-state index contributed by atoms with van der Waals surface area (Å²) in [5.74, 6) is -0.208. The molecule has 0 atom stereocenters. The molecule has 0 aliphatic carbocycles. The number of nitrogens with two attached hydrogens (primary N) is 1. The van der Waals surface area contributed by atoms with E-state index < -0.39 is 5.91 Å². The Labute approximate surface area is 193 Å². The molecule has 0 saturated carbocycles. The van der Waals surface area contributed by atoms with Gasteiger partial charge in [-0.3, -0.25) is 14.4 Å². The molecule has 1 amide bonds. The lowest BCUT2D eigenvalue weighted by molar-refractivity contribution is 0.0999. The van der Waals surface area contributed by atoms with Crippen LogP contribution in [0.4, 0.5) is 4.39 Å². The number of benzene rings is 2. The molecular formula is C25H21FN2O4S. The third-order valence-electron chi connectivity index (χ3n) is 5.42. The molecule has 2 N–H and O–H groups in total. The van der Waals surface area contributed by atoms with E-state index >= 15 is 0 Å². The Balaban J connectivity index is 2.01. The molecule has 6 nitrogen and oxygen atoms in total. The van der Waals surface area contributed by atoms with Gasteiger partial charge in [-0.05, 0) is 68.3 Å². The molecule has 33 heavy (non-hydrogen) atoms. The van der Waals surface area contributed by atoms with Crippen molar-refractivity contribution < 1.29 is 18.7 Å². The van der Waals surface area contributed by atoms with Crippen LogP contribution in [0.5, 0.6) is 11.5 Å². The third kappa shape index (κ3) is 4.05. The van der Waals surface area contributed by atoms with Crippen LogP contribution in [-0.4, -0.2) is 16.3 Å². The number of hydrogen-bond acceptors (Lipinski definition) is 5. The first-order chi connectivity index (χ1) is 15.6. The Hall–Kier alpha value is -3.78. The third-order valence-corrected chi connectivity index (χ3v) is 6.55. The van der Waals surface area contributed by atoms with Crippen molar-refractivity contribution in [2.75, 3.05) is 0 Å². The highest BCUT2D eigenvalue weighted by Crippen LogP contribution is 2.40. The number of halogens is 1. The average molecular weight is 465 g/mol. The molecule has 2 aromatic carbocycles. The van der Waals surface area contributed by atoms with Gasteiger partial charge in [0.05, 0.1) is 4.88 Å². The molecule has 0 radical (unpaired) electrons. The molecule has 2 aromatic heterocycles. The molecule has 0 spiro atoms. The van der Waals surface area contributed by atoms with E-state index in [1.54, 1.807) is 51.4 Å². The van der Waals surface area contributed by atoms with Crippen LogP contribution >= 0.6 is 11.3 Å². The number of aryl methyl sites for hydroxylation is 3. The van der Waals surface area contributed by atoms with E-state index in [9.17, 15) is 18.8 Å². The van der Waals surface area contributed by atoms with Gasteiger partial charge in [-0.1, -0.05) is 0 Å². The van der Waals surface area contributed by atoms with Gasteiger partial charge >= 0.3 is 0 Å². The molecule has 2 heterocycles. The number of carbonyl (C=O) groups is 2. The summed E-state index contributed by atoms with van der Waals surface area (Å²) in [7, 11) is 1.61. The lowest BCUT2D eigenvalue weighted by Gasteiger charge is -2.17. The number of ketones is 1. The molecule has 4 rings (SSSR count). The number of aromatic nitrogens is 1. The van der Waals surface area contributed by atoms with Crippen molar-refractivity contribution in [2.45, 2.75) is 20.8 Å². The fourth-order valence-electron chi connectivity index (χ4n) is 3.78. The number of fused-ring (bicyclic) bond motifs is 1. The quantitative estimate of drug-likeness (QED) is 0.415. The molecule has 0 fully saturated rings. The van der Waals surface area contributed by atoms with Crippen LogP contribution in [0.1, 0.15) is 38.1 Å². The summed E-state index contributed by atoms with van der Waals surface area (Å²) in [5, 5.41) is 0.537. The predicted molar refractivity (Wildman–Crippen MR) is 127 cm³/mol. The SMILES string of the molecule is CC(=O)c1ccc(Oc2c(C)cc(F)cc2C)c(-c2cn(C)c(=O)c3sc(C(N)=O)cc23)c1. The normalized spacial score (nSPS) is 11.1. The van der Waals surface area contributed by atoms with E-state index in [-0.39, 0.29) is 22.0 Å². The van der Waals surface area contributed by atoms with Crippen molar-refractivity contribution in [1.29, 1.82) is 0 Å². The standard InChI is InChI=1S/C25H21FN2O4S/c1-12-7-16(26)8-13(2)22(12)32-20-6-5-15(14(3)29)9-17(20)19-11-28(4)25(31)23-18(19)10-21(33-23)24(27)30/h5-11H,1-4H3,(H2,27,30). The number of thiophene rings is 1. The smallest absolute Gasteiger partial charge is 0.268 e. The number of amides is 1. The highest BCUT2D eigenvalue weighted by atomic mass is 32.1. The van der Waals surface area contributed by atoms with Gasteiger partial charge in [0.15, 0.2) is 5.78 Å². The van der Waals surface area contributed by atoms with Crippen molar-refractivity contribution in [3.05, 3.63) is 80.3 Å². The largest absolute Gasteiger partial charge is 0.456 e. The maximum Gasteiger partial charge on any atom is 0.268 e. The van der Waals surface area contributed by atoms with Crippen LogP contribution in [-0.2, 0) is 7.05 Å². The molecule has 4 aromatic rings. The number of rotatable bonds is 5. The molecule has 168 valence electrons. The van der Waals surface area contributed by atoms with Gasteiger partial charge in [0.25, 0.3) is 11.5 Å². The molecule has 0 aliphatic heterocycles. The van der Waals surface area contributed by atoms with Crippen LogP contribution in [0.3, 0.4) is 0 Å². The lowest BCUT2D eigenvalue weighted by Crippen LogP contribution is -2.15. The Morgan fingerprint density at radius 1 is 1.06 bits per heavy atom. The van der Waals surface area contributed by atoms with Crippen LogP contribution in [0.25, 0.3) is 21.2 Å². The molecule has 0 bridgehead atoms. The molecular weight excluding hydrogens is 443 g/mol. The fourth-order valence-corrected chi connectivity index (χ4v) is 4.79. The fraction of sp³-hybridized carbons (Fsp3) is 0.160. The van der Waals surface area contributed by atoms with Gasteiger partial charge in [-0.2, -0.15) is 0 Å². The summed E-state index contributed by atoms with van der Waals surface area (Å²) in [5.41, 5.74) is 8.04. The Bertz CT molecular complexity index is 1490. The number of carbonyl (C=O) groups excluding carboxylic acids is 2.